The Hall–Kier alpha value is -1.86. The van der Waals surface area contributed by atoms with Crippen LogP contribution >= 0.6 is 0 Å². The summed E-state index contributed by atoms with van der Waals surface area (Å²) in [5.74, 6) is -0.756. The molecule has 0 aliphatic carbocycles. The second-order valence-corrected chi connectivity index (χ2v) is 6.77. The molecule has 114 valence electrons. The number of aliphatic carboxylic acids is 1. The molecule has 6 nitrogen and oxygen atoms in total. The van der Waals surface area contributed by atoms with Gasteiger partial charge < -0.3 is 9.84 Å². The molecule has 1 aromatic carbocycles. The molecule has 7 heteroatoms. The first kappa shape index (κ1) is 15.5. The van der Waals surface area contributed by atoms with E-state index in [9.17, 15) is 13.2 Å². The van der Waals surface area contributed by atoms with Crippen LogP contribution in [-0.4, -0.2) is 43.5 Å². The molecule has 0 aromatic heterocycles. The average Bonchev–Trinajstić information content (AvgIpc) is 2.45. The van der Waals surface area contributed by atoms with Gasteiger partial charge in [0.05, 0.1) is 4.90 Å². The second-order valence-electron chi connectivity index (χ2n) is 4.83. The zero-order valence-corrected chi connectivity index (χ0v) is 12.5. The predicted molar refractivity (Wildman–Crippen MR) is 76.7 cm³/mol. The number of hydrogen-bond donors (Lipinski definition) is 1. The normalized spacial score (nSPS) is 16.3. The molecule has 0 bridgehead atoms. The largest absolute Gasteiger partial charge is 0.482 e. The van der Waals surface area contributed by atoms with Gasteiger partial charge in [0.2, 0.25) is 10.0 Å². The molecule has 0 spiro atoms. The van der Waals surface area contributed by atoms with Crippen molar-refractivity contribution in [1.82, 2.24) is 4.31 Å². The summed E-state index contributed by atoms with van der Waals surface area (Å²) in [6, 6.07) is 5.78. The van der Waals surface area contributed by atoms with Crippen molar-refractivity contribution in [2.75, 3.05) is 19.7 Å². The number of carbonyl (C=O) groups is 1. The van der Waals surface area contributed by atoms with Gasteiger partial charge in [0.25, 0.3) is 0 Å². The number of carboxylic acids is 1. The van der Waals surface area contributed by atoms with Gasteiger partial charge >= 0.3 is 5.97 Å². The number of benzene rings is 1. The summed E-state index contributed by atoms with van der Waals surface area (Å²) in [6.07, 6.45) is 2.75. The first-order chi connectivity index (χ1) is 9.89. The fraction of sp³-hybridized carbons (Fsp3) is 0.357. The summed E-state index contributed by atoms with van der Waals surface area (Å²) in [7, 11) is -3.52. The molecule has 0 fully saturated rings. The standard InChI is InChI=1S/C14H17NO5S/c1-11-3-2-8-15(9-11)21(18,19)13-6-4-12(5-7-13)20-10-14(16)17/h3-7H,2,8-10H2,1H3,(H,16,17). The van der Waals surface area contributed by atoms with Gasteiger partial charge in [0, 0.05) is 13.1 Å². The minimum atomic E-state index is -3.52. The zero-order valence-electron chi connectivity index (χ0n) is 11.7. The fourth-order valence-electron chi connectivity index (χ4n) is 2.08. The van der Waals surface area contributed by atoms with Gasteiger partial charge in [-0.1, -0.05) is 11.6 Å². The third-order valence-corrected chi connectivity index (χ3v) is 4.98. The Bertz CT molecular complexity index is 648. The molecule has 0 saturated heterocycles. The summed E-state index contributed by atoms with van der Waals surface area (Å²) in [5.41, 5.74) is 1.03. The first-order valence-corrected chi connectivity index (χ1v) is 7.94. The van der Waals surface area contributed by atoms with E-state index in [4.69, 9.17) is 9.84 Å². The van der Waals surface area contributed by atoms with E-state index >= 15 is 0 Å². The molecular formula is C14H17NO5S. The zero-order chi connectivity index (χ0) is 15.5. The van der Waals surface area contributed by atoms with Crippen LogP contribution in [0.2, 0.25) is 0 Å². The molecule has 1 aliphatic rings. The quantitative estimate of drug-likeness (QED) is 0.833. The van der Waals surface area contributed by atoms with Gasteiger partial charge in [0.15, 0.2) is 6.61 Å². The van der Waals surface area contributed by atoms with Gasteiger partial charge in [-0.2, -0.15) is 4.31 Å². The Morgan fingerprint density at radius 3 is 2.57 bits per heavy atom. The van der Waals surface area contributed by atoms with E-state index in [1.807, 2.05) is 13.0 Å². The molecule has 0 unspecified atom stereocenters. The summed E-state index contributed by atoms with van der Waals surface area (Å²) >= 11 is 0. The third kappa shape index (κ3) is 3.83. The molecular weight excluding hydrogens is 294 g/mol. The van der Waals surface area contributed by atoms with Crippen LogP contribution in [-0.2, 0) is 14.8 Å². The number of hydrogen-bond acceptors (Lipinski definition) is 4. The van der Waals surface area contributed by atoms with Crippen molar-refractivity contribution in [2.45, 2.75) is 18.2 Å². The van der Waals surface area contributed by atoms with Crippen LogP contribution in [0.15, 0.2) is 40.8 Å². The lowest BCUT2D eigenvalue weighted by atomic mass is 10.2. The Morgan fingerprint density at radius 2 is 2.00 bits per heavy atom. The highest BCUT2D eigenvalue weighted by Gasteiger charge is 2.25. The van der Waals surface area contributed by atoms with E-state index < -0.39 is 22.6 Å². The van der Waals surface area contributed by atoms with Crippen LogP contribution in [0, 0.1) is 0 Å². The molecule has 2 rings (SSSR count). The van der Waals surface area contributed by atoms with E-state index in [0.717, 1.165) is 5.57 Å². The molecule has 1 aliphatic heterocycles. The molecule has 1 aromatic rings. The van der Waals surface area contributed by atoms with Crippen LogP contribution in [0.1, 0.15) is 13.3 Å². The lowest BCUT2D eigenvalue weighted by Crippen LogP contribution is -2.35. The van der Waals surface area contributed by atoms with Crippen molar-refractivity contribution in [2.24, 2.45) is 0 Å². The Kier molecular flexibility index (Phi) is 4.64. The fourth-order valence-corrected chi connectivity index (χ4v) is 3.58. The Balaban J connectivity index is 2.13. The summed E-state index contributed by atoms with van der Waals surface area (Å²) in [5, 5.41) is 8.52. The van der Waals surface area contributed by atoms with Gasteiger partial charge in [-0.05, 0) is 37.6 Å². The number of ether oxygens (including phenoxy) is 1. The highest BCUT2D eigenvalue weighted by atomic mass is 32.2. The molecule has 1 N–H and O–H groups in total. The molecule has 0 radical (unpaired) electrons. The van der Waals surface area contributed by atoms with Crippen LogP contribution in [0.4, 0.5) is 0 Å². The lowest BCUT2D eigenvalue weighted by Gasteiger charge is -2.25. The van der Waals surface area contributed by atoms with Crippen molar-refractivity contribution < 1.29 is 23.1 Å². The van der Waals surface area contributed by atoms with Crippen LogP contribution in [0.5, 0.6) is 5.75 Å². The first-order valence-electron chi connectivity index (χ1n) is 6.50. The van der Waals surface area contributed by atoms with Gasteiger partial charge in [0.1, 0.15) is 5.75 Å². The summed E-state index contributed by atoms with van der Waals surface area (Å²) in [6.45, 7) is 2.32. The maximum absolute atomic E-state index is 12.5. The molecule has 1 heterocycles. The SMILES string of the molecule is CC1=CCCN(S(=O)(=O)c2ccc(OCC(=O)O)cc2)C1. The van der Waals surface area contributed by atoms with Crippen molar-refractivity contribution in [3.63, 3.8) is 0 Å². The van der Waals surface area contributed by atoms with Crippen molar-refractivity contribution in [3.8, 4) is 5.75 Å². The molecule has 0 atom stereocenters. The van der Waals surface area contributed by atoms with E-state index in [0.29, 0.717) is 25.3 Å². The Morgan fingerprint density at radius 1 is 1.33 bits per heavy atom. The second kappa shape index (κ2) is 6.28. The van der Waals surface area contributed by atoms with Crippen molar-refractivity contribution >= 4 is 16.0 Å². The highest BCUT2D eigenvalue weighted by molar-refractivity contribution is 7.89. The molecule has 21 heavy (non-hydrogen) atoms. The summed E-state index contributed by atoms with van der Waals surface area (Å²) < 4.78 is 31.4. The van der Waals surface area contributed by atoms with Crippen LogP contribution < -0.4 is 4.74 Å². The monoisotopic (exact) mass is 311 g/mol. The maximum atomic E-state index is 12.5. The maximum Gasteiger partial charge on any atom is 0.341 e. The number of sulfonamides is 1. The topological polar surface area (TPSA) is 83.9 Å². The summed E-state index contributed by atoms with van der Waals surface area (Å²) in [4.78, 5) is 10.6. The minimum Gasteiger partial charge on any atom is -0.482 e. The third-order valence-electron chi connectivity index (χ3n) is 3.12. The average molecular weight is 311 g/mol. The number of carboxylic acid groups (broad SMARTS) is 1. The van der Waals surface area contributed by atoms with Crippen molar-refractivity contribution in [3.05, 3.63) is 35.9 Å². The van der Waals surface area contributed by atoms with Crippen LogP contribution in [0.3, 0.4) is 0 Å². The van der Waals surface area contributed by atoms with E-state index in [-0.39, 0.29) is 4.90 Å². The lowest BCUT2D eigenvalue weighted by molar-refractivity contribution is -0.139. The smallest absolute Gasteiger partial charge is 0.341 e. The van der Waals surface area contributed by atoms with Gasteiger partial charge in [-0.25, -0.2) is 13.2 Å². The number of nitrogens with zero attached hydrogens (tertiary/aromatic N) is 1. The van der Waals surface area contributed by atoms with E-state index in [1.165, 1.54) is 28.6 Å². The van der Waals surface area contributed by atoms with Crippen molar-refractivity contribution in [1.29, 1.82) is 0 Å². The highest BCUT2D eigenvalue weighted by Crippen LogP contribution is 2.22. The molecule has 0 saturated carbocycles. The minimum absolute atomic E-state index is 0.180. The Labute approximate surface area is 123 Å². The van der Waals surface area contributed by atoms with E-state index in [1.54, 1.807) is 0 Å². The van der Waals surface area contributed by atoms with Crippen LogP contribution in [0.25, 0.3) is 0 Å². The predicted octanol–water partition coefficient (Wildman–Crippen LogP) is 1.49. The molecule has 0 amide bonds. The van der Waals surface area contributed by atoms with Gasteiger partial charge in [-0.3, -0.25) is 0 Å². The van der Waals surface area contributed by atoms with Gasteiger partial charge in [-0.15, -0.1) is 0 Å². The number of rotatable bonds is 5. The van der Waals surface area contributed by atoms with E-state index in [2.05, 4.69) is 0 Å².